The number of aromatic nitrogens is 2. The summed E-state index contributed by atoms with van der Waals surface area (Å²) in [6, 6.07) is 7.60. The van der Waals surface area contributed by atoms with Crippen LogP contribution in [0.3, 0.4) is 0 Å². The molecule has 27 heavy (non-hydrogen) atoms. The fraction of sp³-hybridized carbons (Fsp3) is 0.444. The average Bonchev–Trinajstić information content (AvgIpc) is 3.17. The van der Waals surface area contributed by atoms with E-state index in [1.165, 1.54) is 36.1 Å². The van der Waals surface area contributed by atoms with Crippen LogP contribution in [0.2, 0.25) is 0 Å². The molecule has 0 spiro atoms. The normalized spacial score (nSPS) is 15.6. The molecule has 1 aliphatic carbocycles. The molecular weight excluding hydrogens is 370 g/mol. The number of nitrogens with one attached hydrogen (secondary N) is 1. The number of halogens is 1. The highest BCUT2D eigenvalue weighted by Crippen LogP contribution is 2.26. The second kappa shape index (κ2) is 9.48. The number of nitrogens with two attached hydrogens (primary N) is 1. The second-order valence-corrected chi connectivity index (χ2v) is 6.63. The number of hydrogen-bond donors (Lipinski definition) is 2. The van der Waals surface area contributed by atoms with E-state index in [9.17, 15) is 14.9 Å². The lowest BCUT2D eigenvalue weighted by Gasteiger charge is -2.29. The average molecular weight is 394 g/mol. The summed E-state index contributed by atoms with van der Waals surface area (Å²) in [7, 11) is 0. The summed E-state index contributed by atoms with van der Waals surface area (Å²) >= 11 is 0. The zero-order valence-corrected chi connectivity index (χ0v) is 15.7. The third kappa shape index (κ3) is 5.05. The number of benzene rings is 1. The summed E-state index contributed by atoms with van der Waals surface area (Å²) in [6.07, 6.45) is 7.48. The van der Waals surface area contributed by atoms with Crippen LogP contribution < -0.4 is 11.1 Å². The Balaban J connectivity index is 0.00000261. The monoisotopic (exact) mass is 393 g/mol. The van der Waals surface area contributed by atoms with Gasteiger partial charge in [-0.15, -0.1) is 12.4 Å². The standard InChI is InChI=1S/C18H23N5O3.ClH/c19-12-17(13-4-2-1-3-5-13)20-18(24)16-10-11-22(21-16)14-6-8-15(9-7-14)23(25)26;/h6-11,13,17H,1-5,12,19H2,(H,20,24);1H. The Morgan fingerprint density at radius 2 is 1.93 bits per heavy atom. The zero-order valence-electron chi connectivity index (χ0n) is 14.9. The van der Waals surface area contributed by atoms with E-state index in [0.717, 1.165) is 12.8 Å². The van der Waals surface area contributed by atoms with Gasteiger partial charge in [0.15, 0.2) is 5.69 Å². The highest BCUT2D eigenvalue weighted by Gasteiger charge is 2.25. The molecule has 3 N–H and O–H groups in total. The lowest BCUT2D eigenvalue weighted by atomic mass is 9.84. The topological polar surface area (TPSA) is 116 Å². The predicted octanol–water partition coefficient (Wildman–Crippen LogP) is 2.84. The quantitative estimate of drug-likeness (QED) is 0.578. The molecule has 9 heteroatoms. The molecule has 1 amide bonds. The van der Waals surface area contributed by atoms with Gasteiger partial charge >= 0.3 is 0 Å². The van der Waals surface area contributed by atoms with E-state index in [1.807, 2.05) is 0 Å². The molecule has 1 heterocycles. The van der Waals surface area contributed by atoms with Crippen molar-refractivity contribution in [3.05, 3.63) is 52.3 Å². The first kappa shape index (κ1) is 20.9. The third-order valence-corrected chi connectivity index (χ3v) is 4.94. The van der Waals surface area contributed by atoms with Crippen LogP contribution in [0, 0.1) is 16.0 Å². The van der Waals surface area contributed by atoms with E-state index in [1.54, 1.807) is 24.4 Å². The lowest BCUT2D eigenvalue weighted by Crippen LogP contribution is -2.46. The molecule has 1 aromatic heterocycles. The third-order valence-electron chi connectivity index (χ3n) is 4.94. The van der Waals surface area contributed by atoms with Gasteiger partial charge in [-0.25, -0.2) is 4.68 Å². The van der Waals surface area contributed by atoms with Crippen molar-refractivity contribution >= 4 is 24.0 Å². The number of nitrogens with zero attached hydrogens (tertiary/aromatic N) is 3. The largest absolute Gasteiger partial charge is 0.346 e. The van der Waals surface area contributed by atoms with E-state index in [-0.39, 0.29) is 30.0 Å². The first-order valence-corrected chi connectivity index (χ1v) is 8.90. The van der Waals surface area contributed by atoms with Gasteiger partial charge in [0.05, 0.1) is 10.6 Å². The molecule has 0 bridgehead atoms. The van der Waals surface area contributed by atoms with Gasteiger partial charge in [-0.1, -0.05) is 19.3 Å². The van der Waals surface area contributed by atoms with Crippen molar-refractivity contribution in [1.82, 2.24) is 15.1 Å². The van der Waals surface area contributed by atoms with Gasteiger partial charge in [-0.2, -0.15) is 5.10 Å². The van der Waals surface area contributed by atoms with E-state index >= 15 is 0 Å². The van der Waals surface area contributed by atoms with Gasteiger partial charge in [0.2, 0.25) is 0 Å². The van der Waals surface area contributed by atoms with Crippen molar-refractivity contribution < 1.29 is 9.72 Å². The summed E-state index contributed by atoms with van der Waals surface area (Å²) in [6.45, 7) is 0.416. The fourth-order valence-electron chi connectivity index (χ4n) is 3.46. The minimum absolute atomic E-state index is 0. The molecule has 2 aromatic rings. The van der Waals surface area contributed by atoms with E-state index in [4.69, 9.17) is 5.73 Å². The maximum atomic E-state index is 12.5. The highest BCUT2D eigenvalue weighted by molar-refractivity contribution is 5.92. The van der Waals surface area contributed by atoms with Crippen molar-refractivity contribution in [1.29, 1.82) is 0 Å². The molecule has 3 rings (SSSR count). The minimum atomic E-state index is -0.454. The van der Waals surface area contributed by atoms with Gasteiger partial charge in [-0.3, -0.25) is 14.9 Å². The predicted molar refractivity (Wildman–Crippen MR) is 104 cm³/mol. The number of carbonyl (C=O) groups is 1. The molecule has 0 aliphatic heterocycles. The number of non-ortho nitro benzene ring substituents is 1. The molecule has 8 nitrogen and oxygen atoms in total. The number of rotatable bonds is 6. The number of nitro groups is 1. The van der Waals surface area contributed by atoms with Crippen molar-refractivity contribution in [3.63, 3.8) is 0 Å². The Bertz CT molecular complexity index is 772. The Labute approximate surface area is 163 Å². The summed E-state index contributed by atoms with van der Waals surface area (Å²) in [4.78, 5) is 22.8. The fourth-order valence-corrected chi connectivity index (χ4v) is 3.46. The molecule has 0 radical (unpaired) electrons. The van der Waals surface area contributed by atoms with Crippen molar-refractivity contribution in [2.24, 2.45) is 11.7 Å². The molecule has 1 saturated carbocycles. The Kier molecular flexibility index (Phi) is 7.32. The molecule has 1 aliphatic rings. The summed E-state index contributed by atoms with van der Waals surface area (Å²) < 4.78 is 1.52. The van der Waals surface area contributed by atoms with Gasteiger partial charge in [0.1, 0.15) is 0 Å². The highest BCUT2D eigenvalue weighted by atomic mass is 35.5. The summed E-state index contributed by atoms with van der Waals surface area (Å²) in [5.41, 5.74) is 6.83. The van der Waals surface area contributed by atoms with Gasteiger partial charge in [-0.05, 0) is 37.0 Å². The van der Waals surface area contributed by atoms with Crippen molar-refractivity contribution in [2.45, 2.75) is 38.1 Å². The maximum Gasteiger partial charge on any atom is 0.272 e. The zero-order chi connectivity index (χ0) is 18.5. The summed E-state index contributed by atoms with van der Waals surface area (Å²) in [5.74, 6) is 0.182. The molecule has 1 atom stereocenters. The maximum absolute atomic E-state index is 12.5. The van der Waals surface area contributed by atoms with E-state index in [2.05, 4.69) is 10.4 Å². The van der Waals surface area contributed by atoms with Crippen LogP contribution in [0.15, 0.2) is 36.5 Å². The Morgan fingerprint density at radius 1 is 1.26 bits per heavy atom. The van der Waals surface area contributed by atoms with Crippen molar-refractivity contribution in [3.8, 4) is 5.69 Å². The van der Waals surface area contributed by atoms with Gasteiger partial charge in [0, 0.05) is 30.9 Å². The second-order valence-electron chi connectivity index (χ2n) is 6.63. The number of amides is 1. The van der Waals surface area contributed by atoms with Crippen LogP contribution in [0.1, 0.15) is 42.6 Å². The number of nitro benzene ring substituents is 1. The molecule has 0 saturated heterocycles. The van der Waals surface area contributed by atoms with Crippen LogP contribution in [-0.2, 0) is 0 Å². The Hall–Kier alpha value is -2.45. The summed E-state index contributed by atoms with van der Waals surface area (Å²) in [5, 5.41) is 18.0. The van der Waals surface area contributed by atoms with E-state index in [0.29, 0.717) is 23.8 Å². The SMILES string of the molecule is Cl.NCC(NC(=O)c1ccn(-c2ccc([N+](=O)[O-])cc2)n1)C1CCCCC1. The lowest BCUT2D eigenvalue weighted by molar-refractivity contribution is -0.384. The molecule has 1 fully saturated rings. The van der Waals surface area contributed by atoms with Crippen LogP contribution in [0.5, 0.6) is 0 Å². The molecular formula is C18H24ClN5O3. The molecule has 1 aromatic carbocycles. The van der Waals surface area contributed by atoms with Crippen LogP contribution >= 0.6 is 12.4 Å². The molecule has 1 unspecified atom stereocenters. The van der Waals surface area contributed by atoms with Crippen molar-refractivity contribution in [2.75, 3.05) is 6.54 Å². The molecule has 146 valence electrons. The van der Waals surface area contributed by atoms with Crippen LogP contribution in [-0.4, -0.2) is 33.2 Å². The minimum Gasteiger partial charge on any atom is -0.346 e. The number of hydrogen-bond acceptors (Lipinski definition) is 5. The van der Waals surface area contributed by atoms with Crippen LogP contribution in [0.4, 0.5) is 5.69 Å². The van der Waals surface area contributed by atoms with Gasteiger partial charge < -0.3 is 11.1 Å². The number of carbonyl (C=O) groups excluding carboxylic acids is 1. The first-order chi connectivity index (χ1) is 12.6. The first-order valence-electron chi connectivity index (χ1n) is 8.90. The van der Waals surface area contributed by atoms with Crippen LogP contribution in [0.25, 0.3) is 5.69 Å². The van der Waals surface area contributed by atoms with Gasteiger partial charge in [0.25, 0.3) is 11.6 Å². The van der Waals surface area contributed by atoms with E-state index < -0.39 is 4.92 Å². The Morgan fingerprint density at radius 3 is 2.52 bits per heavy atom. The smallest absolute Gasteiger partial charge is 0.272 e.